The maximum atomic E-state index is 12.4. The van der Waals surface area contributed by atoms with Gasteiger partial charge in [0, 0.05) is 20.0 Å². The first-order valence-corrected chi connectivity index (χ1v) is 8.18. The SMILES string of the molecule is CC/C=C\C(CNC(=O)C1CCCN1C(=O)CC(C)C)=NC. The number of nitrogens with one attached hydrogen (secondary N) is 1. The van der Waals surface area contributed by atoms with Crippen LogP contribution in [0.1, 0.15) is 46.5 Å². The molecule has 124 valence electrons. The molecule has 0 aromatic heterocycles. The lowest BCUT2D eigenvalue weighted by molar-refractivity contribution is -0.138. The van der Waals surface area contributed by atoms with Crippen LogP contribution < -0.4 is 5.32 Å². The summed E-state index contributed by atoms with van der Waals surface area (Å²) in [4.78, 5) is 30.5. The van der Waals surface area contributed by atoms with Crippen LogP contribution in [0.5, 0.6) is 0 Å². The Hall–Kier alpha value is -1.65. The first-order valence-electron chi connectivity index (χ1n) is 8.18. The Bertz CT molecular complexity index is 441. The third kappa shape index (κ3) is 5.62. The minimum atomic E-state index is -0.320. The maximum absolute atomic E-state index is 12.4. The highest BCUT2D eigenvalue weighted by Crippen LogP contribution is 2.19. The molecule has 5 heteroatoms. The van der Waals surface area contributed by atoms with E-state index in [9.17, 15) is 9.59 Å². The molecule has 0 aromatic rings. The third-order valence-corrected chi connectivity index (χ3v) is 3.74. The quantitative estimate of drug-likeness (QED) is 0.733. The van der Waals surface area contributed by atoms with E-state index < -0.39 is 0 Å². The lowest BCUT2D eigenvalue weighted by atomic mass is 10.1. The number of hydrogen-bond acceptors (Lipinski definition) is 3. The van der Waals surface area contributed by atoms with Gasteiger partial charge < -0.3 is 10.2 Å². The van der Waals surface area contributed by atoms with Crippen LogP contribution in [0, 0.1) is 5.92 Å². The van der Waals surface area contributed by atoms with E-state index in [0.29, 0.717) is 25.4 Å². The molecule has 22 heavy (non-hydrogen) atoms. The standard InChI is InChI=1S/C17H29N3O2/c1-5-6-8-14(18-4)12-19-17(22)15-9-7-10-20(15)16(21)11-13(2)3/h6,8,13,15H,5,7,9-12H2,1-4H3,(H,19,22)/b8-6-,18-14?. The van der Waals surface area contributed by atoms with E-state index in [1.54, 1.807) is 11.9 Å². The molecule has 1 heterocycles. The largest absolute Gasteiger partial charge is 0.349 e. The molecule has 0 aliphatic carbocycles. The molecule has 0 saturated carbocycles. The summed E-state index contributed by atoms with van der Waals surface area (Å²) in [5.74, 6) is 0.332. The number of amides is 2. The second-order valence-electron chi connectivity index (χ2n) is 6.09. The fraction of sp³-hybridized carbons (Fsp3) is 0.706. The highest BCUT2D eigenvalue weighted by atomic mass is 16.2. The number of carbonyl (C=O) groups excluding carboxylic acids is 2. The number of likely N-dealkylation sites (tertiary alicyclic amines) is 1. The van der Waals surface area contributed by atoms with Crippen LogP contribution in [-0.4, -0.2) is 48.6 Å². The molecule has 0 aromatic carbocycles. The number of hydrogen-bond donors (Lipinski definition) is 1. The molecule has 1 saturated heterocycles. The van der Waals surface area contributed by atoms with Gasteiger partial charge >= 0.3 is 0 Å². The monoisotopic (exact) mass is 307 g/mol. The van der Waals surface area contributed by atoms with Crippen molar-refractivity contribution in [3.63, 3.8) is 0 Å². The van der Waals surface area contributed by atoms with Crippen molar-refractivity contribution in [3.8, 4) is 0 Å². The van der Waals surface area contributed by atoms with Crippen molar-refractivity contribution in [3.05, 3.63) is 12.2 Å². The minimum absolute atomic E-state index is 0.0688. The Morgan fingerprint density at radius 2 is 2.14 bits per heavy atom. The summed E-state index contributed by atoms with van der Waals surface area (Å²) >= 11 is 0. The van der Waals surface area contributed by atoms with Gasteiger partial charge in [0.05, 0.1) is 12.3 Å². The lowest BCUT2D eigenvalue weighted by Crippen LogP contribution is -2.47. The third-order valence-electron chi connectivity index (χ3n) is 3.74. The molecule has 1 unspecified atom stereocenters. The summed E-state index contributed by atoms with van der Waals surface area (Å²) in [6.45, 7) is 7.20. The van der Waals surface area contributed by atoms with Crippen molar-refractivity contribution in [2.75, 3.05) is 20.1 Å². The van der Waals surface area contributed by atoms with Crippen molar-refractivity contribution in [1.29, 1.82) is 0 Å². The summed E-state index contributed by atoms with van der Waals surface area (Å²) in [6, 6.07) is -0.320. The Labute approximate surface area is 133 Å². The van der Waals surface area contributed by atoms with Gasteiger partial charge in [-0.15, -0.1) is 0 Å². The van der Waals surface area contributed by atoms with Crippen LogP contribution in [0.3, 0.4) is 0 Å². The van der Waals surface area contributed by atoms with E-state index >= 15 is 0 Å². The molecule has 5 nitrogen and oxygen atoms in total. The molecule has 1 fully saturated rings. The van der Waals surface area contributed by atoms with Crippen LogP contribution in [0.4, 0.5) is 0 Å². The van der Waals surface area contributed by atoms with Gasteiger partial charge in [-0.1, -0.05) is 26.8 Å². The molecule has 0 radical (unpaired) electrons. The number of carbonyl (C=O) groups is 2. The van der Waals surface area contributed by atoms with Gasteiger partial charge in [-0.25, -0.2) is 0 Å². The van der Waals surface area contributed by atoms with Gasteiger partial charge in [0.2, 0.25) is 11.8 Å². The van der Waals surface area contributed by atoms with Crippen LogP contribution in [0.2, 0.25) is 0 Å². The molecule has 0 bridgehead atoms. The highest BCUT2D eigenvalue weighted by molar-refractivity contribution is 5.99. The Morgan fingerprint density at radius 1 is 1.41 bits per heavy atom. The van der Waals surface area contributed by atoms with Gasteiger partial charge in [-0.2, -0.15) is 0 Å². The molecule has 1 aliphatic rings. The Balaban J connectivity index is 2.56. The van der Waals surface area contributed by atoms with Gasteiger partial charge in [0.1, 0.15) is 6.04 Å². The second kappa shape index (κ2) is 9.38. The predicted octanol–water partition coefficient (Wildman–Crippen LogP) is 2.18. The van der Waals surface area contributed by atoms with Crippen molar-refractivity contribution in [2.45, 2.75) is 52.5 Å². The molecule has 1 rings (SSSR count). The van der Waals surface area contributed by atoms with E-state index in [-0.39, 0.29) is 17.9 Å². The normalized spacial score (nSPS) is 19.2. The zero-order valence-corrected chi connectivity index (χ0v) is 14.3. The van der Waals surface area contributed by atoms with Crippen LogP contribution >= 0.6 is 0 Å². The number of rotatable bonds is 7. The van der Waals surface area contributed by atoms with Gasteiger partial charge in [0.25, 0.3) is 0 Å². The smallest absolute Gasteiger partial charge is 0.243 e. The highest BCUT2D eigenvalue weighted by Gasteiger charge is 2.33. The van der Waals surface area contributed by atoms with E-state index in [4.69, 9.17) is 0 Å². The molecule has 2 amide bonds. The molecule has 1 atom stereocenters. The second-order valence-corrected chi connectivity index (χ2v) is 6.09. The molecule has 0 spiro atoms. The lowest BCUT2D eigenvalue weighted by Gasteiger charge is -2.24. The van der Waals surface area contributed by atoms with Gasteiger partial charge in [0.15, 0.2) is 0 Å². The van der Waals surface area contributed by atoms with E-state index in [2.05, 4.69) is 17.2 Å². The first-order chi connectivity index (χ1) is 10.5. The van der Waals surface area contributed by atoms with Crippen molar-refractivity contribution < 1.29 is 9.59 Å². The average Bonchev–Trinajstić information content (AvgIpc) is 2.96. The van der Waals surface area contributed by atoms with Crippen LogP contribution in [-0.2, 0) is 9.59 Å². The van der Waals surface area contributed by atoms with Gasteiger partial charge in [-0.05, 0) is 31.3 Å². The number of allylic oxidation sites excluding steroid dienone is 1. The predicted molar refractivity (Wildman–Crippen MR) is 90.0 cm³/mol. The summed E-state index contributed by atoms with van der Waals surface area (Å²) < 4.78 is 0. The Morgan fingerprint density at radius 3 is 2.73 bits per heavy atom. The van der Waals surface area contributed by atoms with Crippen LogP contribution in [0.25, 0.3) is 0 Å². The number of aliphatic imine (C=N–C) groups is 1. The average molecular weight is 307 g/mol. The molecule has 1 N–H and O–H groups in total. The van der Waals surface area contributed by atoms with E-state index in [1.165, 1.54) is 0 Å². The summed E-state index contributed by atoms with van der Waals surface area (Å²) in [7, 11) is 1.72. The summed E-state index contributed by atoms with van der Waals surface area (Å²) in [5, 5.41) is 2.91. The number of nitrogens with zero attached hydrogens (tertiary/aromatic N) is 2. The Kier molecular flexibility index (Phi) is 7.85. The van der Waals surface area contributed by atoms with E-state index in [0.717, 1.165) is 25.0 Å². The topological polar surface area (TPSA) is 61.8 Å². The zero-order valence-electron chi connectivity index (χ0n) is 14.3. The van der Waals surface area contributed by atoms with E-state index in [1.807, 2.05) is 26.0 Å². The summed E-state index contributed by atoms with van der Waals surface area (Å²) in [5.41, 5.74) is 0.841. The first kappa shape index (κ1) is 18.4. The summed E-state index contributed by atoms with van der Waals surface area (Å²) in [6.07, 6.45) is 7.03. The van der Waals surface area contributed by atoms with Crippen molar-refractivity contribution in [2.24, 2.45) is 10.9 Å². The fourth-order valence-corrected chi connectivity index (χ4v) is 2.57. The van der Waals surface area contributed by atoms with Crippen molar-refractivity contribution >= 4 is 17.5 Å². The maximum Gasteiger partial charge on any atom is 0.243 e. The van der Waals surface area contributed by atoms with Gasteiger partial charge in [-0.3, -0.25) is 14.6 Å². The molecular weight excluding hydrogens is 278 g/mol. The van der Waals surface area contributed by atoms with Crippen molar-refractivity contribution in [1.82, 2.24) is 10.2 Å². The fourth-order valence-electron chi connectivity index (χ4n) is 2.57. The molecule has 1 aliphatic heterocycles. The minimum Gasteiger partial charge on any atom is -0.349 e. The molecular formula is C17H29N3O2. The van der Waals surface area contributed by atoms with Crippen LogP contribution in [0.15, 0.2) is 17.1 Å². The zero-order chi connectivity index (χ0) is 16.5.